The van der Waals surface area contributed by atoms with Gasteiger partial charge in [0.05, 0.1) is 12.2 Å². The van der Waals surface area contributed by atoms with Crippen molar-refractivity contribution in [2.45, 2.75) is 12.2 Å². The summed E-state index contributed by atoms with van der Waals surface area (Å²) in [4.78, 5) is 17.5. The van der Waals surface area contributed by atoms with Crippen LogP contribution in [0.15, 0.2) is 34.8 Å². The molecule has 6 heteroatoms. The Labute approximate surface area is 114 Å². The normalized spacial score (nSPS) is 23.0. The highest BCUT2D eigenvalue weighted by molar-refractivity contribution is 5.91. The van der Waals surface area contributed by atoms with E-state index in [9.17, 15) is 15.0 Å². The van der Waals surface area contributed by atoms with Crippen molar-refractivity contribution in [2.75, 3.05) is 13.1 Å². The van der Waals surface area contributed by atoms with Gasteiger partial charge in [-0.1, -0.05) is 12.1 Å². The Morgan fingerprint density at radius 3 is 2.70 bits per heavy atom. The molecule has 20 heavy (non-hydrogen) atoms. The van der Waals surface area contributed by atoms with Crippen molar-refractivity contribution >= 4 is 23.1 Å². The molecule has 2 N–H and O–H groups in total. The van der Waals surface area contributed by atoms with Crippen LogP contribution in [0.1, 0.15) is 5.89 Å². The number of para-hydroxylation sites is 2. The summed E-state index contributed by atoms with van der Waals surface area (Å²) in [7, 11) is 0. The first kappa shape index (κ1) is 12.8. The first-order valence-electron chi connectivity index (χ1n) is 6.32. The minimum Gasteiger partial charge on any atom is -0.437 e. The first-order valence-corrected chi connectivity index (χ1v) is 6.32. The fraction of sp³-hybridized carbons (Fsp3) is 0.286. The summed E-state index contributed by atoms with van der Waals surface area (Å²) < 4.78 is 5.46. The van der Waals surface area contributed by atoms with Crippen molar-refractivity contribution in [1.29, 1.82) is 0 Å². The number of carbonyl (C=O) groups is 1. The molecule has 1 aliphatic rings. The Balaban J connectivity index is 1.72. The molecule has 0 spiro atoms. The second kappa shape index (κ2) is 5.07. The summed E-state index contributed by atoms with van der Waals surface area (Å²) in [6, 6.07) is 7.33. The lowest BCUT2D eigenvalue weighted by atomic mass is 10.3. The van der Waals surface area contributed by atoms with E-state index < -0.39 is 12.2 Å². The van der Waals surface area contributed by atoms with Crippen LogP contribution in [-0.4, -0.2) is 51.3 Å². The topological polar surface area (TPSA) is 86.8 Å². The molecule has 1 aromatic carbocycles. The minimum absolute atomic E-state index is 0.137. The van der Waals surface area contributed by atoms with Crippen LogP contribution in [0.25, 0.3) is 17.2 Å². The highest BCUT2D eigenvalue weighted by Crippen LogP contribution is 2.16. The number of fused-ring (bicyclic) bond motifs is 1. The van der Waals surface area contributed by atoms with E-state index in [2.05, 4.69) is 4.98 Å². The van der Waals surface area contributed by atoms with Crippen LogP contribution in [-0.2, 0) is 4.79 Å². The number of nitrogens with zero attached hydrogens (tertiary/aromatic N) is 2. The van der Waals surface area contributed by atoms with Gasteiger partial charge in [-0.2, -0.15) is 0 Å². The maximum absolute atomic E-state index is 11.9. The Bertz CT molecular complexity index is 621. The van der Waals surface area contributed by atoms with Crippen molar-refractivity contribution in [3.63, 3.8) is 0 Å². The van der Waals surface area contributed by atoms with E-state index in [0.717, 1.165) is 5.52 Å². The van der Waals surface area contributed by atoms with Crippen molar-refractivity contribution in [3.05, 3.63) is 36.2 Å². The molecule has 1 amide bonds. The number of β-amino-alcohol motifs (C(OH)–C–C–N with tert-alkyl or cyclic N) is 2. The average molecular weight is 274 g/mol. The van der Waals surface area contributed by atoms with Crippen LogP contribution < -0.4 is 0 Å². The SMILES string of the molecule is O=C(/C=C/c1nc2ccccc2o1)N1CC(O)C(O)C1. The van der Waals surface area contributed by atoms with Crippen molar-refractivity contribution in [1.82, 2.24) is 9.88 Å². The molecule has 2 atom stereocenters. The van der Waals surface area contributed by atoms with Crippen LogP contribution in [0.5, 0.6) is 0 Å². The molecule has 0 bridgehead atoms. The predicted octanol–water partition coefficient (Wildman–Crippen LogP) is 0.405. The standard InChI is InChI=1S/C14H14N2O4/c17-10-7-16(8-11(10)18)14(19)6-5-13-15-9-3-1-2-4-12(9)20-13/h1-6,10-11,17-18H,7-8H2/b6-5+. The number of carbonyl (C=O) groups excluding carboxylic acids is 1. The third kappa shape index (κ3) is 2.43. The van der Waals surface area contributed by atoms with Gasteiger partial charge in [-0.3, -0.25) is 4.79 Å². The summed E-state index contributed by atoms with van der Waals surface area (Å²) in [6.07, 6.45) is 1.06. The lowest BCUT2D eigenvalue weighted by Crippen LogP contribution is -2.27. The van der Waals surface area contributed by atoms with E-state index >= 15 is 0 Å². The van der Waals surface area contributed by atoms with Gasteiger partial charge in [-0.25, -0.2) is 4.98 Å². The molecule has 3 rings (SSSR count). The molecule has 2 heterocycles. The highest BCUT2D eigenvalue weighted by atomic mass is 16.3. The van der Waals surface area contributed by atoms with Gasteiger partial charge in [-0.05, 0) is 12.1 Å². The van der Waals surface area contributed by atoms with Gasteiger partial charge >= 0.3 is 0 Å². The van der Waals surface area contributed by atoms with E-state index in [1.54, 1.807) is 6.07 Å². The van der Waals surface area contributed by atoms with E-state index in [4.69, 9.17) is 4.42 Å². The number of likely N-dealkylation sites (tertiary alicyclic amines) is 1. The zero-order valence-corrected chi connectivity index (χ0v) is 10.6. The number of hydrogen-bond donors (Lipinski definition) is 2. The Morgan fingerprint density at radius 1 is 1.30 bits per heavy atom. The van der Waals surface area contributed by atoms with Gasteiger partial charge in [0, 0.05) is 25.2 Å². The lowest BCUT2D eigenvalue weighted by molar-refractivity contribution is -0.125. The molecule has 1 aromatic heterocycles. The number of amides is 1. The molecule has 1 fully saturated rings. The van der Waals surface area contributed by atoms with E-state index in [0.29, 0.717) is 11.5 Å². The molecular formula is C14H14N2O4. The van der Waals surface area contributed by atoms with Gasteiger partial charge in [0.2, 0.25) is 11.8 Å². The number of aliphatic hydroxyl groups excluding tert-OH is 2. The van der Waals surface area contributed by atoms with Gasteiger partial charge in [-0.15, -0.1) is 0 Å². The molecule has 0 saturated carbocycles. The Morgan fingerprint density at radius 2 is 2.00 bits per heavy atom. The largest absolute Gasteiger partial charge is 0.437 e. The molecule has 1 saturated heterocycles. The summed E-state index contributed by atoms with van der Waals surface area (Å²) in [6.45, 7) is 0.274. The van der Waals surface area contributed by atoms with Gasteiger partial charge in [0.1, 0.15) is 5.52 Å². The summed E-state index contributed by atoms with van der Waals surface area (Å²) in [5, 5.41) is 18.8. The zero-order chi connectivity index (χ0) is 14.1. The third-order valence-corrected chi connectivity index (χ3v) is 3.25. The van der Waals surface area contributed by atoms with Crippen LogP contribution in [0.2, 0.25) is 0 Å². The number of benzene rings is 1. The average Bonchev–Trinajstić information content (AvgIpc) is 3.00. The van der Waals surface area contributed by atoms with Crippen molar-refractivity contribution < 1.29 is 19.4 Å². The minimum atomic E-state index is -0.878. The molecule has 0 radical (unpaired) electrons. The fourth-order valence-corrected chi connectivity index (χ4v) is 2.16. The van der Waals surface area contributed by atoms with Crippen LogP contribution in [0, 0.1) is 0 Å². The Hall–Kier alpha value is -2.18. The number of hydrogen-bond acceptors (Lipinski definition) is 5. The van der Waals surface area contributed by atoms with Gasteiger partial charge < -0.3 is 19.5 Å². The molecule has 1 aliphatic heterocycles. The molecule has 2 unspecified atom stereocenters. The smallest absolute Gasteiger partial charge is 0.246 e. The maximum Gasteiger partial charge on any atom is 0.246 e. The second-order valence-electron chi connectivity index (χ2n) is 4.73. The highest BCUT2D eigenvalue weighted by Gasteiger charge is 2.31. The summed E-state index contributed by atoms with van der Waals surface area (Å²) in [5.41, 5.74) is 1.39. The fourth-order valence-electron chi connectivity index (χ4n) is 2.16. The number of oxazole rings is 1. The Kier molecular flexibility index (Phi) is 3.25. The van der Waals surface area contributed by atoms with E-state index in [1.165, 1.54) is 17.1 Å². The molecule has 6 nitrogen and oxygen atoms in total. The predicted molar refractivity (Wildman–Crippen MR) is 71.6 cm³/mol. The van der Waals surface area contributed by atoms with Crippen molar-refractivity contribution in [2.24, 2.45) is 0 Å². The maximum atomic E-state index is 11.9. The van der Waals surface area contributed by atoms with Crippen molar-refractivity contribution in [3.8, 4) is 0 Å². The first-order chi connectivity index (χ1) is 9.63. The second-order valence-corrected chi connectivity index (χ2v) is 4.73. The van der Waals surface area contributed by atoms with Crippen LogP contribution in [0.3, 0.4) is 0 Å². The zero-order valence-electron chi connectivity index (χ0n) is 10.6. The van der Waals surface area contributed by atoms with Crippen LogP contribution >= 0.6 is 0 Å². The van der Waals surface area contributed by atoms with E-state index in [-0.39, 0.29) is 19.0 Å². The summed E-state index contributed by atoms with van der Waals surface area (Å²) >= 11 is 0. The quantitative estimate of drug-likeness (QED) is 0.774. The van der Waals surface area contributed by atoms with E-state index in [1.807, 2.05) is 18.2 Å². The molecule has 0 aliphatic carbocycles. The van der Waals surface area contributed by atoms with Gasteiger partial charge in [0.15, 0.2) is 5.58 Å². The number of aromatic nitrogens is 1. The molecule has 104 valence electrons. The molecular weight excluding hydrogens is 260 g/mol. The number of aliphatic hydroxyl groups is 2. The van der Waals surface area contributed by atoms with Gasteiger partial charge in [0.25, 0.3) is 0 Å². The molecule has 2 aromatic rings. The monoisotopic (exact) mass is 274 g/mol. The third-order valence-electron chi connectivity index (χ3n) is 3.25. The lowest BCUT2D eigenvalue weighted by Gasteiger charge is -2.11. The number of rotatable bonds is 2. The summed E-state index contributed by atoms with van der Waals surface area (Å²) in [5.74, 6) is 0.0581. The van der Waals surface area contributed by atoms with Crippen LogP contribution in [0.4, 0.5) is 0 Å².